The van der Waals surface area contributed by atoms with Crippen LogP contribution in [-0.4, -0.2) is 12.5 Å². The lowest BCUT2D eigenvalue weighted by atomic mass is 9.81. The van der Waals surface area contributed by atoms with Gasteiger partial charge < -0.3 is 11.1 Å². The van der Waals surface area contributed by atoms with Crippen molar-refractivity contribution in [3.05, 3.63) is 23.9 Å². The van der Waals surface area contributed by atoms with Gasteiger partial charge in [-0.3, -0.25) is 4.79 Å². The molecule has 0 radical (unpaired) electrons. The first-order valence-electron chi connectivity index (χ1n) is 6.92. The van der Waals surface area contributed by atoms with Gasteiger partial charge in [-0.05, 0) is 32.0 Å². The van der Waals surface area contributed by atoms with Crippen LogP contribution in [0, 0.1) is 5.41 Å². The average molecular weight is 250 g/mol. The predicted octanol–water partition coefficient (Wildman–Crippen LogP) is 2.88. The van der Waals surface area contributed by atoms with Crippen LogP contribution in [0.25, 0.3) is 0 Å². The highest BCUT2D eigenvalue weighted by Crippen LogP contribution is 2.34. The number of nitrogens with two attached hydrogens (primary N) is 1. The number of carbonyl (C=O) groups is 1. The minimum atomic E-state index is -0.165. The van der Waals surface area contributed by atoms with Crippen molar-refractivity contribution in [3.8, 4) is 0 Å². The van der Waals surface area contributed by atoms with Crippen molar-refractivity contribution in [1.82, 2.24) is 5.32 Å². The van der Waals surface area contributed by atoms with E-state index in [-0.39, 0.29) is 11.3 Å². The number of nitrogens with one attached hydrogen (secondary N) is 1. The summed E-state index contributed by atoms with van der Waals surface area (Å²) in [5.41, 5.74) is 6.22. The molecular weight excluding hydrogens is 224 g/mol. The third kappa shape index (κ3) is 4.55. The lowest BCUT2D eigenvalue weighted by molar-refractivity contribution is -0.130. The van der Waals surface area contributed by atoms with Crippen LogP contribution in [0.3, 0.4) is 0 Å². The van der Waals surface area contributed by atoms with Gasteiger partial charge in [0.15, 0.2) is 0 Å². The van der Waals surface area contributed by atoms with Gasteiger partial charge in [-0.1, -0.05) is 44.3 Å². The Bertz CT molecular complexity index is 323. The molecule has 0 aromatic heterocycles. The van der Waals surface area contributed by atoms with Gasteiger partial charge in [-0.2, -0.15) is 0 Å². The van der Waals surface area contributed by atoms with Gasteiger partial charge >= 0.3 is 0 Å². The second kappa shape index (κ2) is 7.24. The van der Waals surface area contributed by atoms with E-state index in [9.17, 15) is 4.79 Å². The fraction of sp³-hybridized carbons (Fsp3) is 0.667. The van der Waals surface area contributed by atoms with Crippen LogP contribution >= 0.6 is 0 Å². The van der Waals surface area contributed by atoms with Crippen molar-refractivity contribution in [3.63, 3.8) is 0 Å². The summed E-state index contributed by atoms with van der Waals surface area (Å²) in [5, 5.41) is 3.02. The van der Waals surface area contributed by atoms with E-state index < -0.39 is 0 Å². The number of carbonyl (C=O) groups excluding carboxylic acids is 1. The maximum atomic E-state index is 12.2. The van der Waals surface area contributed by atoms with Gasteiger partial charge in [-0.15, -0.1) is 0 Å². The third-order valence-corrected chi connectivity index (χ3v) is 3.80. The molecule has 1 amide bonds. The van der Waals surface area contributed by atoms with E-state index in [0.717, 1.165) is 18.4 Å². The summed E-state index contributed by atoms with van der Waals surface area (Å²) >= 11 is 0. The van der Waals surface area contributed by atoms with Crippen molar-refractivity contribution in [2.75, 3.05) is 6.54 Å². The van der Waals surface area contributed by atoms with Gasteiger partial charge in [0, 0.05) is 12.0 Å². The summed E-state index contributed by atoms with van der Waals surface area (Å²) in [6, 6.07) is 0. The van der Waals surface area contributed by atoms with E-state index >= 15 is 0 Å². The first-order chi connectivity index (χ1) is 8.58. The summed E-state index contributed by atoms with van der Waals surface area (Å²) in [4.78, 5) is 12.2. The Balaban J connectivity index is 2.46. The molecule has 0 aromatic carbocycles. The summed E-state index contributed by atoms with van der Waals surface area (Å²) in [6.45, 7) is 4.66. The van der Waals surface area contributed by atoms with Crippen LogP contribution < -0.4 is 11.1 Å². The zero-order chi connectivity index (χ0) is 13.4. The summed E-state index contributed by atoms with van der Waals surface area (Å²) in [6.07, 6.45) is 12.3. The number of allylic oxidation sites excluding steroid dienone is 2. The van der Waals surface area contributed by atoms with E-state index in [1.807, 2.05) is 19.1 Å². The Morgan fingerprint density at radius 3 is 2.44 bits per heavy atom. The molecule has 1 aliphatic rings. The molecule has 0 spiro atoms. The zero-order valence-corrected chi connectivity index (χ0v) is 11.7. The Labute approximate surface area is 111 Å². The highest BCUT2D eigenvalue weighted by molar-refractivity contribution is 5.82. The Morgan fingerprint density at radius 2 is 1.89 bits per heavy atom. The molecule has 3 heteroatoms. The number of hydrogen-bond acceptors (Lipinski definition) is 2. The number of amides is 1. The van der Waals surface area contributed by atoms with Crippen LogP contribution in [0.15, 0.2) is 23.9 Å². The topological polar surface area (TPSA) is 55.1 Å². The predicted molar refractivity (Wildman–Crippen MR) is 75.9 cm³/mol. The molecular formula is C15H26N2O. The van der Waals surface area contributed by atoms with Crippen LogP contribution in [-0.2, 0) is 4.79 Å². The average Bonchev–Trinajstić information content (AvgIpc) is 2.55. The molecule has 0 saturated heterocycles. The van der Waals surface area contributed by atoms with Crippen molar-refractivity contribution >= 4 is 5.91 Å². The van der Waals surface area contributed by atoms with E-state index in [4.69, 9.17) is 5.73 Å². The second-order valence-electron chi connectivity index (χ2n) is 5.49. The molecule has 1 fully saturated rings. The smallest absolute Gasteiger partial charge is 0.226 e. The van der Waals surface area contributed by atoms with Crippen LogP contribution in [0.4, 0.5) is 0 Å². The lowest BCUT2D eigenvalue weighted by Crippen LogP contribution is -2.38. The minimum absolute atomic E-state index is 0.165. The molecule has 0 aromatic rings. The Hall–Kier alpha value is -1.25. The molecule has 3 nitrogen and oxygen atoms in total. The number of rotatable bonds is 4. The lowest BCUT2D eigenvalue weighted by Gasteiger charge is -2.26. The molecule has 0 heterocycles. The van der Waals surface area contributed by atoms with Crippen LogP contribution in [0.5, 0.6) is 0 Å². The summed E-state index contributed by atoms with van der Waals surface area (Å²) in [5.74, 6) is 0.199. The molecule has 102 valence electrons. The van der Waals surface area contributed by atoms with Crippen molar-refractivity contribution in [2.45, 2.75) is 52.4 Å². The van der Waals surface area contributed by atoms with Gasteiger partial charge in [-0.25, -0.2) is 0 Å². The van der Waals surface area contributed by atoms with Crippen LogP contribution in [0.1, 0.15) is 52.4 Å². The molecule has 0 unspecified atom stereocenters. The maximum Gasteiger partial charge on any atom is 0.226 e. The van der Waals surface area contributed by atoms with Gasteiger partial charge in [0.1, 0.15) is 0 Å². The zero-order valence-electron chi connectivity index (χ0n) is 11.7. The number of hydrogen-bond donors (Lipinski definition) is 2. The molecule has 1 saturated carbocycles. The third-order valence-electron chi connectivity index (χ3n) is 3.80. The molecule has 3 N–H and O–H groups in total. The molecule has 1 aliphatic carbocycles. The molecule has 0 bridgehead atoms. The standard InChI is InChI=1S/C15H26N2O/c1-13(7-11-16)8-12-17-14(18)15(2)9-5-3-4-6-10-15/h7-8,11H,3-6,9-10,12,16H2,1-2H3,(H,17,18)/b11-7-,13-8-. The van der Waals surface area contributed by atoms with Crippen molar-refractivity contribution in [1.29, 1.82) is 0 Å². The minimum Gasteiger partial charge on any atom is -0.405 e. The highest BCUT2D eigenvalue weighted by Gasteiger charge is 2.32. The first-order valence-corrected chi connectivity index (χ1v) is 6.92. The van der Waals surface area contributed by atoms with E-state index in [1.54, 1.807) is 0 Å². The van der Waals surface area contributed by atoms with Gasteiger partial charge in [0.05, 0.1) is 0 Å². The highest BCUT2D eigenvalue weighted by atomic mass is 16.2. The molecule has 0 atom stereocenters. The van der Waals surface area contributed by atoms with E-state index in [2.05, 4.69) is 12.2 Å². The van der Waals surface area contributed by atoms with Crippen LogP contribution in [0.2, 0.25) is 0 Å². The second-order valence-corrected chi connectivity index (χ2v) is 5.49. The SMILES string of the molecule is CC(/C=C\N)=C/CNC(=O)C1(C)CCCCCC1. The molecule has 1 rings (SSSR count). The van der Waals surface area contributed by atoms with E-state index in [1.165, 1.54) is 31.9 Å². The van der Waals surface area contributed by atoms with Gasteiger partial charge in [0.25, 0.3) is 0 Å². The normalized spacial score (nSPS) is 20.7. The monoisotopic (exact) mass is 250 g/mol. The fourth-order valence-corrected chi connectivity index (χ4v) is 2.47. The quantitative estimate of drug-likeness (QED) is 0.595. The van der Waals surface area contributed by atoms with Gasteiger partial charge in [0.2, 0.25) is 5.91 Å². The first kappa shape index (κ1) is 14.8. The fourth-order valence-electron chi connectivity index (χ4n) is 2.47. The molecule has 18 heavy (non-hydrogen) atoms. The Morgan fingerprint density at radius 1 is 1.28 bits per heavy atom. The van der Waals surface area contributed by atoms with Crippen molar-refractivity contribution in [2.24, 2.45) is 11.1 Å². The molecule has 0 aliphatic heterocycles. The van der Waals surface area contributed by atoms with Crippen molar-refractivity contribution < 1.29 is 4.79 Å². The van der Waals surface area contributed by atoms with E-state index in [0.29, 0.717) is 6.54 Å². The Kier molecular flexibility index (Phi) is 5.96. The largest absolute Gasteiger partial charge is 0.405 e. The maximum absolute atomic E-state index is 12.2. The summed E-state index contributed by atoms with van der Waals surface area (Å²) < 4.78 is 0. The summed E-state index contributed by atoms with van der Waals surface area (Å²) in [7, 11) is 0.